The summed E-state index contributed by atoms with van der Waals surface area (Å²) in [6.07, 6.45) is 10.8. The van der Waals surface area contributed by atoms with Gasteiger partial charge in [-0.1, -0.05) is 38.0 Å². The average Bonchev–Trinajstić information content (AvgIpc) is 3.20. The van der Waals surface area contributed by atoms with E-state index >= 15 is 0 Å². The Balaban J connectivity index is 2.00. The molecule has 1 aliphatic rings. The number of rotatable bonds is 11. The molecule has 2 rings (SSSR count). The Hall–Kier alpha value is -1.95. The molecule has 1 aliphatic carbocycles. The van der Waals surface area contributed by atoms with E-state index in [0.29, 0.717) is 18.3 Å². The first-order valence-corrected chi connectivity index (χ1v) is 11.2. The second-order valence-electron chi connectivity index (χ2n) is 8.43. The number of aryl methyl sites for hydroxylation is 1. The summed E-state index contributed by atoms with van der Waals surface area (Å²) >= 11 is 0. The molecule has 0 aromatic heterocycles. The third-order valence-electron chi connectivity index (χ3n) is 6.34. The number of para-hydroxylation sites is 1. The summed E-state index contributed by atoms with van der Waals surface area (Å²) in [5.41, 5.74) is 2.58. The van der Waals surface area contributed by atoms with Crippen LogP contribution >= 0.6 is 0 Å². The minimum absolute atomic E-state index is 0.143. The SMILES string of the molecule is CC#CCC(C)CCCC1CCC[C@@H]1c1cccc(CCCC(=O)OC)c1OC. The summed E-state index contributed by atoms with van der Waals surface area (Å²) < 4.78 is 10.6. The molecule has 29 heavy (non-hydrogen) atoms. The van der Waals surface area contributed by atoms with Crippen molar-refractivity contribution < 1.29 is 14.3 Å². The summed E-state index contributed by atoms with van der Waals surface area (Å²) in [6, 6.07) is 6.55. The van der Waals surface area contributed by atoms with Crippen molar-refractivity contribution in [3.8, 4) is 17.6 Å². The molecule has 0 amide bonds. The van der Waals surface area contributed by atoms with Gasteiger partial charge in [-0.2, -0.15) is 0 Å². The second-order valence-corrected chi connectivity index (χ2v) is 8.43. The maximum atomic E-state index is 11.4. The molecule has 1 aromatic rings. The van der Waals surface area contributed by atoms with Gasteiger partial charge in [0.15, 0.2) is 0 Å². The molecular formula is C26H38O3. The normalized spacial score (nSPS) is 19.3. The molecular weight excluding hydrogens is 360 g/mol. The summed E-state index contributed by atoms with van der Waals surface area (Å²) in [5, 5.41) is 0. The lowest BCUT2D eigenvalue weighted by Gasteiger charge is -2.24. The average molecular weight is 399 g/mol. The zero-order chi connectivity index (χ0) is 21.1. The fourth-order valence-corrected chi connectivity index (χ4v) is 4.77. The molecule has 1 saturated carbocycles. The van der Waals surface area contributed by atoms with Crippen molar-refractivity contribution in [1.82, 2.24) is 0 Å². The predicted octanol–water partition coefficient (Wildman–Crippen LogP) is 6.29. The number of esters is 1. The van der Waals surface area contributed by atoms with Gasteiger partial charge in [-0.15, -0.1) is 11.8 Å². The molecule has 0 radical (unpaired) electrons. The summed E-state index contributed by atoms with van der Waals surface area (Å²) in [6.45, 7) is 4.24. The molecule has 160 valence electrons. The van der Waals surface area contributed by atoms with Gasteiger partial charge in [0.1, 0.15) is 5.75 Å². The van der Waals surface area contributed by atoms with E-state index in [1.807, 2.05) is 6.92 Å². The maximum absolute atomic E-state index is 11.4. The van der Waals surface area contributed by atoms with Gasteiger partial charge in [0.05, 0.1) is 14.2 Å². The first-order valence-electron chi connectivity index (χ1n) is 11.2. The molecule has 0 heterocycles. The van der Waals surface area contributed by atoms with Crippen molar-refractivity contribution in [2.75, 3.05) is 14.2 Å². The van der Waals surface area contributed by atoms with Gasteiger partial charge in [0.2, 0.25) is 0 Å². The van der Waals surface area contributed by atoms with Crippen molar-refractivity contribution in [2.24, 2.45) is 11.8 Å². The Morgan fingerprint density at radius 2 is 2.07 bits per heavy atom. The van der Waals surface area contributed by atoms with Gasteiger partial charge < -0.3 is 9.47 Å². The summed E-state index contributed by atoms with van der Waals surface area (Å²) in [7, 11) is 3.23. The standard InChI is InChI=1S/C26H38O3/c1-5-6-11-20(2)12-7-13-21-14-8-17-23(21)24-18-9-15-22(26(24)29-4)16-10-19-25(27)28-3/h9,15,18,20-21,23H,7-8,10-14,16-17,19H2,1-4H3/t20?,21?,23-/m0/s1. The first-order chi connectivity index (χ1) is 14.1. The largest absolute Gasteiger partial charge is 0.496 e. The molecule has 2 unspecified atom stereocenters. The van der Waals surface area contributed by atoms with Gasteiger partial charge in [0, 0.05) is 12.8 Å². The Morgan fingerprint density at radius 3 is 2.79 bits per heavy atom. The monoisotopic (exact) mass is 398 g/mol. The van der Waals surface area contributed by atoms with Crippen LogP contribution in [-0.4, -0.2) is 20.2 Å². The predicted molar refractivity (Wildman–Crippen MR) is 119 cm³/mol. The van der Waals surface area contributed by atoms with Gasteiger partial charge in [0.25, 0.3) is 0 Å². The number of benzene rings is 1. The molecule has 0 N–H and O–H groups in total. The van der Waals surface area contributed by atoms with E-state index in [0.717, 1.165) is 30.9 Å². The van der Waals surface area contributed by atoms with Crippen LogP contribution in [0.2, 0.25) is 0 Å². The van der Waals surface area contributed by atoms with E-state index in [2.05, 4.69) is 37.0 Å². The highest BCUT2D eigenvalue weighted by Crippen LogP contribution is 2.46. The second kappa shape index (κ2) is 12.6. The van der Waals surface area contributed by atoms with Gasteiger partial charge in [-0.3, -0.25) is 4.79 Å². The Morgan fingerprint density at radius 1 is 1.24 bits per heavy atom. The van der Waals surface area contributed by atoms with Crippen LogP contribution in [0.15, 0.2) is 18.2 Å². The molecule has 3 heteroatoms. The highest BCUT2D eigenvalue weighted by molar-refractivity contribution is 5.69. The van der Waals surface area contributed by atoms with Gasteiger partial charge in [-0.05, 0) is 74.3 Å². The van der Waals surface area contributed by atoms with Crippen LogP contribution in [0.25, 0.3) is 0 Å². The molecule has 3 atom stereocenters. The number of carbonyl (C=O) groups is 1. The van der Waals surface area contributed by atoms with Crippen LogP contribution in [0.4, 0.5) is 0 Å². The minimum atomic E-state index is -0.143. The number of hydrogen-bond acceptors (Lipinski definition) is 3. The third kappa shape index (κ3) is 7.11. The van der Waals surface area contributed by atoms with Crippen LogP contribution < -0.4 is 4.74 Å². The highest BCUT2D eigenvalue weighted by Gasteiger charge is 2.30. The molecule has 0 spiro atoms. The zero-order valence-corrected chi connectivity index (χ0v) is 18.8. The fraction of sp³-hybridized carbons (Fsp3) is 0.654. The lowest BCUT2D eigenvalue weighted by Crippen LogP contribution is -2.10. The van der Waals surface area contributed by atoms with E-state index in [-0.39, 0.29) is 5.97 Å². The smallest absolute Gasteiger partial charge is 0.305 e. The Bertz CT molecular complexity index is 698. The molecule has 1 fully saturated rings. The Kier molecular flexibility index (Phi) is 10.1. The highest BCUT2D eigenvalue weighted by atomic mass is 16.5. The Labute approximate surface area is 177 Å². The van der Waals surface area contributed by atoms with E-state index in [4.69, 9.17) is 9.47 Å². The molecule has 0 saturated heterocycles. The van der Waals surface area contributed by atoms with Crippen LogP contribution in [0.1, 0.15) is 88.7 Å². The van der Waals surface area contributed by atoms with Crippen molar-refractivity contribution in [1.29, 1.82) is 0 Å². The summed E-state index contributed by atoms with van der Waals surface area (Å²) in [5.74, 6) is 9.16. The maximum Gasteiger partial charge on any atom is 0.305 e. The molecule has 1 aromatic carbocycles. The van der Waals surface area contributed by atoms with Gasteiger partial charge in [-0.25, -0.2) is 0 Å². The fourth-order valence-electron chi connectivity index (χ4n) is 4.77. The van der Waals surface area contributed by atoms with Crippen molar-refractivity contribution in [2.45, 2.75) is 84.0 Å². The summed E-state index contributed by atoms with van der Waals surface area (Å²) in [4.78, 5) is 11.4. The number of ether oxygens (including phenoxy) is 2. The van der Waals surface area contributed by atoms with E-state index in [9.17, 15) is 4.79 Å². The quantitative estimate of drug-likeness (QED) is 0.324. The molecule has 0 aliphatic heterocycles. The number of methoxy groups -OCH3 is 2. The van der Waals surface area contributed by atoms with Crippen LogP contribution in [0.5, 0.6) is 5.75 Å². The van der Waals surface area contributed by atoms with Crippen LogP contribution in [-0.2, 0) is 16.0 Å². The number of hydrogen-bond donors (Lipinski definition) is 0. The molecule has 3 nitrogen and oxygen atoms in total. The third-order valence-corrected chi connectivity index (χ3v) is 6.34. The number of carbonyl (C=O) groups excluding carboxylic acids is 1. The van der Waals surface area contributed by atoms with E-state index < -0.39 is 0 Å². The topological polar surface area (TPSA) is 35.5 Å². The zero-order valence-electron chi connectivity index (χ0n) is 18.8. The lowest BCUT2D eigenvalue weighted by molar-refractivity contribution is -0.140. The van der Waals surface area contributed by atoms with Crippen molar-refractivity contribution in [3.63, 3.8) is 0 Å². The van der Waals surface area contributed by atoms with Crippen molar-refractivity contribution in [3.05, 3.63) is 29.3 Å². The molecule has 0 bridgehead atoms. The first kappa shape index (κ1) is 23.3. The van der Waals surface area contributed by atoms with Crippen molar-refractivity contribution >= 4 is 5.97 Å². The van der Waals surface area contributed by atoms with Crippen LogP contribution in [0.3, 0.4) is 0 Å². The van der Waals surface area contributed by atoms with E-state index in [1.54, 1.807) is 7.11 Å². The van der Waals surface area contributed by atoms with Gasteiger partial charge >= 0.3 is 5.97 Å². The minimum Gasteiger partial charge on any atom is -0.496 e. The lowest BCUT2D eigenvalue weighted by atomic mass is 9.83. The van der Waals surface area contributed by atoms with E-state index in [1.165, 1.54) is 56.8 Å². The van der Waals surface area contributed by atoms with Crippen LogP contribution in [0, 0.1) is 23.7 Å².